The van der Waals surface area contributed by atoms with Gasteiger partial charge in [0.2, 0.25) is 11.8 Å². The van der Waals surface area contributed by atoms with E-state index >= 15 is 4.39 Å². The first kappa shape index (κ1) is 44.3. The van der Waals surface area contributed by atoms with Crippen molar-refractivity contribution < 1.29 is 47.7 Å². The smallest absolute Gasteiger partial charge is 0.407 e. The molecule has 0 bridgehead atoms. The summed E-state index contributed by atoms with van der Waals surface area (Å²) in [7, 11) is 0. The van der Waals surface area contributed by atoms with Crippen molar-refractivity contribution in [3.8, 4) is 22.5 Å². The molecule has 66 heavy (non-hydrogen) atoms. The summed E-state index contributed by atoms with van der Waals surface area (Å²) in [6.45, 7) is 7.63. The van der Waals surface area contributed by atoms with Gasteiger partial charge in [0.1, 0.15) is 37.2 Å². The number of pyridine rings is 2. The SMILES string of the molecule is CC[C@@]1(O)C(=O)OCc2c1cc1n(c2=O)Cc2c-1nc1cc(F)c(C)c3c1c2[C@@H](NC(=O)[C@H](CCC(=O)OC(C)(C)C)NC(=O)CNC(=O)OCC1c2ccccc2-c2ccccc21)CC3. The Morgan fingerprint density at radius 3 is 2.39 bits per heavy atom. The number of benzene rings is 3. The summed E-state index contributed by atoms with van der Waals surface area (Å²) >= 11 is 0. The summed E-state index contributed by atoms with van der Waals surface area (Å²) in [5, 5.41) is 20.3. The van der Waals surface area contributed by atoms with Crippen molar-refractivity contribution in [2.24, 2.45) is 0 Å². The number of aromatic nitrogens is 2. The second-order valence-corrected chi connectivity index (χ2v) is 18.3. The molecule has 2 aromatic heterocycles. The first-order chi connectivity index (χ1) is 31.5. The summed E-state index contributed by atoms with van der Waals surface area (Å²) in [4.78, 5) is 85.7. The van der Waals surface area contributed by atoms with Crippen LogP contribution in [0.15, 0.2) is 65.5 Å². The van der Waals surface area contributed by atoms with Crippen LogP contribution in [-0.2, 0) is 58.6 Å². The number of aryl methyl sites for hydroxylation is 1. The Balaban J connectivity index is 0.969. The van der Waals surface area contributed by atoms with E-state index in [0.29, 0.717) is 57.4 Å². The van der Waals surface area contributed by atoms with Gasteiger partial charge in [0.05, 0.1) is 35.1 Å². The number of carbonyl (C=O) groups excluding carboxylic acids is 5. The van der Waals surface area contributed by atoms with Gasteiger partial charge in [-0.15, -0.1) is 0 Å². The lowest BCUT2D eigenvalue weighted by molar-refractivity contribution is -0.172. The van der Waals surface area contributed by atoms with E-state index < -0.39 is 71.1 Å². The zero-order chi connectivity index (χ0) is 46.8. The fourth-order valence-corrected chi connectivity index (χ4v) is 9.94. The molecule has 4 heterocycles. The number of amides is 3. The summed E-state index contributed by atoms with van der Waals surface area (Å²) in [5.74, 6) is -3.47. The van der Waals surface area contributed by atoms with E-state index in [-0.39, 0.29) is 56.1 Å². The third-order valence-corrected chi connectivity index (χ3v) is 13.1. The molecule has 2 aliphatic heterocycles. The quantitative estimate of drug-likeness (QED) is 0.0907. The molecule has 0 fully saturated rings. The average Bonchev–Trinajstić information content (AvgIpc) is 3.82. The molecule has 5 aromatic rings. The number of cyclic esters (lactones) is 1. The first-order valence-corrected chi connectivity index (χ1v) is 22.2. The van der Waals surface area contributed by atoms with Crippen molar-refractivity contribution in [3.05, 3.63) is 121 Å². The molecular weight excluding hydrogens is 850 g/mol. The van der Waals surface area contributed by atoms with Crippen LogP contribution in [0.5, 0.6) is 0 Å². The highest BCUT2D eigenvalue weighted by Gasteiger charge is 2.46. The van der Waals surface area contributed by atoms with Gasteiger partial charge in [-0.2, -0.15) is 0 Å². The van der Waals surface area contributed by atoms with E-state index in [4.69, 9.17) is 19.2 Å². The summed E-state index contributed by atoms with van der Waals surface area (Å²) < 4.78 is 33.4. The van der Waals surface area contributed by atoms with Crippen LogP contribution in [0, 0.1) is 12.7 Å². The van der Waals surface area contributed by atoms with Crippen LogP contribution in [0.3, 0.4) is 0 Å². The summed E-state index contributed by atoms with van der Waals surface area (Å²) in [6, 6.07) is 16.7. The minimum absolute atomic E-state index is 0.0239. The van der Waals surface area contributed by atoms with Crippen LogP contribution in [0.25, 0.3) is 33.4 Å². The molecular formula is C50H50FN5O10. The van der Waals surface area contributed by atoms with Gasteiger partial charge in [-0.1, -0.05) is 55.5 Å². The number of aliphatic hydroxyl groups is 1. The fourth-order valence-electron chi connectivity index (χ4n) is 9.94. The molecule has 16 heteroatoms. The molecule has 3 atom stereocenters. The Kier molecular flexibility index (Phi) is 11.3. The Hall–Kier alpha value is -6.94. The average molecular weight is 900 g/mol. The number of halogens is 1. The highest BCUT2D eigenvalue weighted by atomic mass is 19.1. The molecule has 0 spiro atoms. The van der Waals surface area contributed by atoms with Gasteiger partial charge in [0.15, 0.2) is 5.60 Å². The van der Waals surface area contributed by atoms with Gasteiger partial charge < -0.3 is 39.8 Å². The molecule has 0 saturated heterocycles. The number of nitrogens with zero attached hydrogens (tertiary/aromatic N) is 2. The number of ether oxygens (including phenoxy) is 3. The standard InChI is InChI=1S/C50H50FN5O10/c1-6-50(63)34-19-39-44-31(22-56(39)46(60)33(34)24-64-47(50)61)43-36(16-15-26-25(2)35(51)20-38(54-44)42(26)43)55-45(59)37(17-18-41(58)66-49(3,4)5)53-40(57)21-52-48(62)65-23-32-29-13-9-7-11-27(29)28-12-8-10-14-30(28)32/h7-14,19-20,32,36-37,63H,6,15-18,21-24H2,1-5H3,(H,52,62)(H,53,57)(H,55,59)/t36-,37-,50-/m0/s1. The maximum Gasteiger partial charge on any atom is 0.407 e. The molecule has 3 aromatic carbocycles. The van der Waals surface area contributed by atoms with Crippen LogP contribution >= 0.6 is 0 Å². The van der Waals surface area contributed by atoms with Gasteiger partial charge in [-0.3, -0.25) is 19.2 Å². The number of rotatable bonds is 11. The Bertz CT molecular complexity index is 2910. The maximum atomic E-state index is 15.5. The molecule has 0 saturated carbocycles. The topological polar surface area (TPSA) is 204 Å². The predicted octanol–water partition coefficient (Wildman–Crippen LogP) is 5.78. The normalized spacial score (nSPS) is 18.2. The van der Waals surface area contributed by atoms with Crippen molar-refractivity contribution in [1.82, 2.24) is 25.5 Å². The second kappa shape index (κ2) is 16.8. The Morgan fingerprint density at radius 2 is 1.71 bits per heavy atom. The monoisotopic (exact) mass is 899 g/mol. The zero-order valence-electron chi connectivity index (χ0n) is 37.3. The van der Waals surface area contributed by atoms with Gasteiger partial charge in [0.25, 0.3) is 5.56 Å². The van der Waals surface area contributed by atoms with E-state index in [1.54, 1.807) is 40.7 Å². The third kappa shape index (κ3) is 7.76. The Labute approximate surface area is 379 Å². The number of esters is 2. The number of hydrogen-bond acceptors (Lipinski definition) is 11. The van der Waals surface area contributed by atoms with Gasteiger partial charge in [-0.25, -0.2) is 19.0 Å². The highest BCUT2D eigenvalue weighted by Crippen LogP contribution is 2.47. The van der Waals surface area contributed by atoms with E-state index in [9.17, 15) is 33.9 Å². The lowest BCUT2D eigenvalue weighted by Gasteiger charge is -2.31. The summed E-state index contributed by atoms with van der Waals surface area (Å²) in [5.41, 5.74) is 4.37. The minimum Gasteiger partial charge on any atom is -0.460 e. The number of fused-ring (bicyclic) bond motifs is 8. The van der Waals surface area contributed by atoms with Crippen LogP contribution < -0.4 is 21.5 Å². The van der Waals surface area contributed by atoms with E-state index in [1.165, 1.54) is 10.6 Å². The molecule has 342 valence electrons. The number of hydrogen-bond donors (Lipinski definition) is 4. The Morgan fingerprint density at radius 1 is 1.02 bits per heavy atom. The van der Waals surface area contributed by atoms with E-state index in [2.05, 4.69) is 16.0 Å². The number of carbonyl (C=O) groups is 5. The lowest BCUT2D eigenvalue weighted by Crippen LogP contribution is -2.50. The van der Waals surface area contributed by atoms with Crippen LogP contribution in [0.2, 0.25) is 0 Å². The molecule has 4 N–H and O–H groups in total. The minimum atomic E-state index is -2.06. The molecule has 0 unspecified atom stereocenters. The molecule has 15 nitrogen and oxygen atoms in total. The van der Waals surface area contributed by atoms with Crippen LogP contribution in [0.4, 0.5) is 9.18 Å². The van der Waals surface area contributed by atoms with E-state index in [0.717, 1.165) is 22.3 Å². The molecule has 3 amide bonds. The fraction of sp³-hybridized carbons (Fsp3) is 0.380. The molecule has 0 radical (unpaired) electrons. The van der Waals surface area contributed by atoms with Crippen molar-refractivity contribution in [2.75, 3.05) is 13.2 Å². The van der Waals surface area contributed by atoms with Gasteiger partial charge in [-0.05, 0) is 98.4 Å². The maximum absolute atomic E-state index is 15.5. The van der Waals surface area contributed by atoms with Crippen molar-refractivity contribution in [3.63, 3.8) is 0 Å². The van der Waals surface area contributed by atoms with Crippen molar-refractivity contribution in [1.29, 1.82) is 0 Å². The third-order valence-electron chi connectivity index (χ3n) is 13.1. The van der Waals surface area contributed by atoms with Crippen LogP contribution in [-0.4, -0.2) is 69.3 Å². The van der Waals surface area contributed by atoms with Gasteiger partial charge in [0, 0.05) is 34.9 Å². The molecule has 2 aliphatic carbocycles. The molecule has 9 rings (SSSR count). The number of alkyl carbamates (subject to hydrolysis) is 1. The van der Waals surface area contributed by atoms with Crippen LogP contribution in [0.1, 0.15) is 110 Å². The molecule has 4 aliphatic rings. The van der Waals surface area contributed by atoms with E-state index in [1.807, 2.05) is 48.5 Å². The van der Waals surface area contributed by atoms with Crippen molar-refractivity contribution in [2.45, 2.75) is 109 Å². The number of nitrogens with one attached hydrogen (secondary N) is 3. The second-order valence-electron chi connectivity index (χ2n) is 18.3. The first-order valence-electron chi connectivity index (χ1n) is 22.2. The lowest BCUT2D eigenvalue weighted by atomic mass is 9.81. The largest absolute Gasteiger partial charge is 0.460 e. The highest BCUT2D eigenvalue weighted by molar-refractivity contribution is 5.95. The summed E-state index contributed by atoms with van der Waals surface area (Å²) in [6.07, 6.45) is -0.585. The zero-order valence-corrected chi connectivity index (χ0v) is 37.3. The van der Waals surface area contributed by atoms with Gasteiger partial charge >= 0.3 is 18.0 Å². The van der Waals surface area contributed by atoms with Crippen molar-refractivity contribution >= 4 is 40.7 Å². The predicted molar refractivity (Wildman–Crippen MR) is 239 cm³/mol.